The van der Waals surface area contributed by atoms with Gasteiger partial charge in [0.2, 0.25) is 0 Å². The maximum Gasteiger partial charge on any atom is 0.283 e. The number of hydrogen-bond acceptors (Lipinski definition) is 4. The molecule has 0 atom stereocenters. The summed E-state index contributed by atoms with van der Waals surface area (Å²) in [5.41, 5.74) is 0.898. The predicted octanol–water partition coefficient (Wildman–Crippen LogP) is 3.62. The molecular weight excluding hydrogens is 262 g/mol. The van der Waals surface area contributed by atoms with Crippen molar-refractivity contribution in [3.05, 3.63) is 58.9 Å². The highest BCUT2D eigenvalue weighted by Crippen LogP contribution is 2.37. The standard InChI is InChI=1S/C13H9N3O2S/c17-16(18)10-5-1-2-6-11(10)19-12-8-15-13-9(12)4-3-7-14-13/h1-8H,(H,14,15). The monoisotopic (exact) mass is 271 g/mol. The molecule has 0 fully saturated rings. The lowest BCUT2D eigenvalue weighted by molar-refractivity contribution is -0.387. The Morgan fingerprint density at radius 3 is 2.84 bits per heavy atom. The lowest BCUT2D eigenvalue weighted by Gasteiger charge is -2.01. The third kappa shape index (κ3) is 2.17. The number of nitrogens with one attached hydrogen (secondary N) is 1. The van der Waals surface area contributed by atoms with E-state index in [4.69, 9.17) is 0 Å². The van der Waals surface area contributed by atoms with E-state index in [1.807, 2.05) is 18.3 Å². The number of H-pyrrole nitrogens is 1. The van der Waals surface area contributed by atoms with Gasteiger partial charge in [-0.05, 0) is 18.2 Å². The number of para-hydroxylation sites is 1. The Labute approximate surface area is 112 Å². The summed E-state index contributed by atoms with van der Waals surface area (Å²) in [5, 5.41) is 11.9. The van der Waals surface area contributed by atoms with Gasteiger partial charge in [-0.1, -0.05) is 23.9 Å². The molecule has 0 spiro atoms. The molecule has 1 aromatic carbocycles. The van der Waals surface area contributed by atoms with Crippen LogP contribution in [0.2, 0.25) is 0 Å². The third-order valence-electron chi connectivity index (χ3n) is 2.70. The van der Waals surface area contributed by atoms with E-state index in [-0.39, 0.29) is 10.6 Å². The zero-order valence-electron chi connectivity index (χ0n) is 9.74. The summed E-state index contributed by atoms with van der Waals surface area (Å²) in [7, 11) is 0. The zero-order valence-corrected chi connectivity index (χ0v) is 10.6. The SMILES string of the molecule is O=[N+]([O-])c1ccccc1Sc1c[nH]c2ncccc12. The summed E-state index contributed by atoms with van der Waals surface area (Å²) in [6.45, 7) is 0. The minimum atomic E-state index is -0.366. The number of pyridine rings is 1. The van der Waals surface area contributed by atoms with Crippen molar-refractivity contribution < 1.29 is 4.92 Å². The van der Waals surface area contributed by atoms with Crippen LogP contribution in [0.1, 0.15) is 0 Å². The Hall–Kier alpha value is -2.34. The molecule has 0 aliphatic heterocycles. The van der Waals surface area contributed by atoms with Crippen molar-refractivity contribution in [2.45, 2.75) is 9.79 Å². The molecule has 2 aromatic heterocycles. The molecule has 0 unspecified atom stereocenters. The second kappa shape index (κ2) is 4.74. The van der Waals surface area contributed by atoms with Gasteiger partial charge < -0.3 is 4.98 Å². The van der Waals surface area contributed by atoms with E-state index in [9.17, 15) is 10.1 Å². The van der Waals surface area contributed by atoms with Crippen molar-refractivity contribution in [3.63, 3.8) is 0 Å². The van der Waals surface area contributed by atoms with Crippen LogP contribution in [0.3, 0.4) is 0 Å². The molecule has 0 saturated heterocycles. The number of nitrogens with zero attached hydrogens (tertiary/aromatic N) is 2. The van der Waals surface area contributed by atoms with E-state index in [1.54, 1.807) is 24.4 Å². The summed E-state index contributed by atoms with van der Waals surface area (Å²) in [6, 6.07) is 10.5. The molecule has 0 amide bonds. The average Bonchev–Trinajstić information content (AvgIpc) is 2.83. The molecule has 6 heteroatoms. The average molecular weight is 271 g/mol. The molecule has 1 N–H and O–H groups in total. The van der Waals surface area contributed by atoms with Crippen molar-refractivity contribution >= 4 is 28.5 Å². The number of benzene rings is 1. The van der Waals surface area contributed by atoms with E-state index < -0.39 is 0 Å². The normalized spacial score (nSPS) is 10.7. The van der Waals surface area contributed by atoms with Gasteiger partial charge in [0.05, 0.1) is 9.82 Å². The Bertz CT molecular complexity index is 754. The number of hydrogen-bond donors (Lipinski definition) is 1. The second-order valence-corrected chi connectivity index (χ2v) is 4.96. The smallest absolute Gasteiger partial charge is 0.283 e. The van der Waals surface area contributed by atoms with Crippen LogP contribution in [0.4, 0.5) is 5.69 Å². The van der Waals surface area contributed by atoms with Crippen LogP contribution in [0.15, 0.2) is 58.6 Å². The molecule has 2 heterocycles. The molecule has 3 rings (SSSR count). The molecule has 0 aliphatic carbocycles. The molecule has 0 radical (unpaired) electrons. The maximum absolute atomic E-state index is 11.0. The topological polar surface area (TPSA) is 71.8 Å². The minimum absolute atomic E-state index is 0.116. The van der Waals surface area contributed by atoms with Crippen LogP contribution >= 0.6 is 11.8 Å². The Morgan fingerprint density at radius 2 is 2.00 bits per heavy atom. The van der Waals surface area contributed by atoms with Crippen LogP contribution < -0.4 is 0 Å². The number of rotatable bonds is 3. The molecule has 0 saturated carbocycles. The third-order valence-corrected chi connectivity index (χ3v) is 3.82. The van der Waals surface area contributed by atoms with E-state index in [1.165, 1.54) is 17.8 Å². The van der Waals surface area contributed by atoms with Gasteiger partial charge in [-0.15, -0.1) is 0 Å². The van der Waals surface area contributed by atoms with E-state index in [2.05, 4.69) is 9.97 Å². The first-order valence-electron chi connectivity index (χ1n) is 5.59. The van der Waals surface area contributed by atoms with Gasteiger partial charge in [-0.25, -0.2) is 4.98 Å². The first-order valence-corrected chi connectivity index (χ1v) is 6.41. The van der Waals surface area contributed by atoms with Crippen LogP contribution in [-0.4, -0.2) is 14.9 Å². The highest BCUT2D eigenvalue weighted by Gasteiger charge is 2.15. The van der Waals surface area contributed by atoms with Crippen molar-refractivity contribution in [2.24, 2.45) is 0 Å². The molecule has 0 aliphatic rings. The van der Waals surface area contributed by atoms with Crippen molar-refractivity contribution in [1.82, 2.24) is 9.97 Å². The second-order valence-electron chi connectivity index (χ2n) is 3.88. The Morgan fingerprint density at radius 1 is 1.16 bits per heavy atom. The number of nitro groups is 1. The number of nitro benzene ring substituents is 1. The minimum Gasteiger partial charge on any atom is -0.345 e. The molecule has 5 nitrogen and oxygen atoms in total. The molecule has 0 bridgehead atoms. The maximum atomic E-state index is 11.0. The van der Waals surface area contributed by atoms with E-state index >= 15 is 0 Å². The summed E-state index contributed by atoms with van der Waals surface area (Å²) in [5.74, 6) is 0. The number of fused-ring (bicyclic) bond motifs is 1. The lowest BCUT2D eigenvalue weighted by atomic mass is 10.3. The largest absolute Gasteiger partial charge is 0.345 e. The predicted molar refractivity (Wildman–Crippen MR) is 73.3 cm³/mol. The first-order chi connectivity index (χ1) is 9.25. The van der Waals surface area contributed by atoms with Crippen LogP contribution in [-0.2, 0) is 0 Å². The summed E-state index contributed by atoms with van der Waals surface area (Å²) < 4.78 is 0. The number of aromatic nitrogens is 2. The van der Waals surface area contributed by atoms with Crippen molar-refractivity contribution in [1.29, 1.82) is 0 Å². The van der Waals surface area contributed by atoms with Crippen LogP contribution in [0.25, 0.3) is 11.0 Å². The lowest BCUT2D eigenvalue weighted by Crippen LogP contribution is -1.89. The van der Waals surface area contributed by atoms with Crippen molar-refractivity contribution in [2.75, 3.05) is 0 Å². The number of aromatic amines is 1. The fourth-order valence-corrected chi connectivity index (χ4v) is 2.85. The fraction of sp³-hybridized carbons (Fsp3) is 0. The van der Waals surface area contributed by atoms with Gasteiger partial charge in [-0.3, -0.25) is 10.1 Å². The van der Waals surface area contributed by atoms with Gasteiger partial charge in [0.15, 0.2) is 0 Å². The Kier molecular flexibility index (Phi) is 2.92. The summed E-state index contributed by atoms with van der Waals surface area (Å²) in [4.78, 5) is 19.4. The van der Waals surface area contributed by atoms with Crippen LogP contribution in [0.5, 0.6) is 0 Å². The molecule has 19 heavy (non-hydrogen) atoms. The highest BCUT2D eigenvalue weighted by atomic mass is 32.2. The molecule has 94 valence electrons. The zero-order chi connectivity index (χ0) is 13.2. The summed E-state index contributed by atoms with van der Waals surface area (Å²) >= 11 is 1.37. The van der Waals surface area contributed by atoms with Gasteiger partial charge in [-0.2, -0.15) is 0 Å². The first kappa shape index (κ1) is 11.7. The van der Waals surface area contributed by atoms with Gasteiger partial charge in [0, 0.05) is 28.7 Å². The van der Waals surface area contributed by atoms with Gasteiger partial charge in [0.25, 0.3) is 5.69 Å². The molecular formula is C13H9N3O2S. The van der Waals surface area contributed by atoms with E-state index in [0.717, 1.165) is 15.9 Å². The quantitative estimate of drug-likeness (QED) is 0.583. The Balaban J connectivity index is 2.04. The van der Waals surface area contributed by atoms with Gasteiger partial charge in [0.1, 0.15) is 5.65 Å². The van der Waals surface area contributed by atoms with Crippen molar-refractivity contribution in [3.8, 4) is 0 Å². The van der Waals surface area contributed by atoms with Crippen LogP contribution in [0, 0.1) is 10.1 Å². The molecule has 3 aromatic rings. The highest BCUT2D eigenvalue weighted by molar-refractivity contribution is 7.99. The fourth-order valence-electron chi connectivity index (χ4n) is 1.83. The summed E-state index contributed by atoms with van der Waals surface area (Å²) in [6.07, 6.45) is 3.53. The van der Waals surface area contributed by atoms with Gasteiger partial charge >= 0.3 is 0 Å². The van der Waals surface area contributed by atoms with E-state index in [0.29, 0.717) is 4.90 Å².